The molecule has 1 aliphatic heterocycles. The highest BCUT2D eigenvalue weighted by molar-refractivity contribution is 5.97. The summed E-state index contributed by atoms with van der Waals surface area (Å²) in [6.45, 7) is 4.79. The van der Waals surface area contributed by atoms with Crippen LogP contribution in [0.4, 0.5) is 5.69 Å². The molecule has 0 unspecified atom stereocenters. The minimum atomic E-state index is -0.0614. The quantitative estimate of drug-likeness (QED) is 0.903. The molecular formula is C15H20N2O2. The van der Waals surface area contributed by atoms with E-state index < -0.39 is 0 Å². The number of nitrogens with zero attached hydrogens (tertiary/aromatic N) is 1. The Hall–Kier alpha value is -1.84. The second-order valence-electron chi connectivity index (χ2n) is 4.98. The molecule has 1 heterocycles. The summed E-state index contributed by atoms with van der Waals surface area (Å²) in [5.74, 6) is 0.102. The first-order valence-electron chi connectivity index (χ1n) is 6.83. The molecule has 0 saturated carbocycles. The SMILES string of the molecule is CC[C@@H](C)NC(=O)c1ccc(N2CCCC2=O)cc1. The van der Waals surface area contributed by atoms with Gasteiger partial charge in [-0.1, -0.05) is 6.92 Å². The van der Waals surface area contributed by atoms with E-state index in [2.05, 4.69) is 5.32 Å². The zero-order valence-electron chi connectivity index (χ0n) is 11.5. The standard InChI is InChI=1S/C15H20N2O2/c1-3-11(2)16-15(19)12-6-8-13(9-7-12)17-10-4-5-14(17)18/h6-9,11H,3-5,10H2,1-2H3,(H,16,19)/t11-/m1/s1. The number of amides is 2. The van der Waals surface area contributed by atoms with Crippen LogP contribution in [0.3, 0.4) is 0 Å². The predicted molar refractivity (Wildman–Crippen MR) is 75.2 cm³/mol. The molecule has 0 aromatic heterocycles. The summed E-state index contributed by atoms with van der Waals surface area (Å²) in [4.78, 5) is 25.3. The third kappa shape index (κ3) is 3.13. The molecule has 0 aliphatic carbocycles. The predicted octanol–water partition coefficient (Wildman–Crippen LogP) is 2.34. The van der Waals surface area contributed by atoms with Crippen LogP contribution in [0.5, 0.6) is 0 Å². The molecule has 19 heavy (non-hydrogen) atoms. The first-order chi connectivity index (χ1) is 9.11. The van der Waals surface area contributed by atoms with Crippen molar-refractivity contribution >= 4 is 17.5 Å². The van der Waals surface area contributed by atoms with E-state index in [0.717, 1.165) is 25.1 Å². The number of hydrogen-bond donors (Lipinski definition) is 1. The van der Waals surface area contributed by atoms with Crippen LogP contribution in [0.2, 0.25) is 0 Å². The maximum Gasteiger partial charge on any atom is 0.251 e. The van der Waals surface area contributed by atoms with Crippen molar-refractivity contribution in [3.05, 3.63) is 29.8 Å². The zero-order chi connectivity index (χ0) is 13.8. The number of carbonyl (C=O) groups excluding carboxylic acids is 2. The van der Waals surface area contributed by atoms with Gasteiger partial charge in [0.2, 0.25) is 5.91 Å². The zero-order valence-corrected chi connectivity index (χ0v) is 11.5. The first-order valence-corrected chi connectivity index (χ1v) is 6.83. The van der Waals surface area contributed by atoms with Crippen LogP contribution in [0, 0.1) is 0 Å². The summed E-state index contributed by atoms with van der Waals surface area (Å²) in [7, 11) is 0. The van der Waals surface area contributed by atoms with Crippen molar-refractivity contribution < 1.29 is 9.59 Å². The molecule has 1 aliphatic rings. The van der Waals surface area contributed by atoms with Crippen LogP contribution in [0.15, 0.2) is 24.3 Å². The van der Waals surface area contributed by atoms with E-state index in [-0.39, 0.29) is 17.9 Å². The number of hydrogen-bond acceptors (Lipinski definition) is 2. The Labute approximate surface area is 113 Å². The molecule has 2 rings (SSSR count). The third-order valence-electron chi connectivity index (χ3n) is 3.50. The highest BCUT2D eigenvalue weighted by atomic mass is 16.2. The molecule has 4 nitrogen and oxygen atoms in total. The van der Waals surface area contributed by atoms with Crippen LogP contribution in [0.25, 0.3) is 0 Å². The van der Waals surface area contributed by atoms with Crippen molar-refractivity contribution in [1.82, 2.24) is 5.32 Å². The fraction of sp³-hybridized carbons (Fsp3) is 0.467. The van der Waals surface area contributed by atoms with E-state index in [1.54, 1.807) is 17.0 Å². The maximum atomic E-state index is 11.9. The van der Waals surface area contributed by atoms with Crippen molar-refractivity contribution in [3.8, 4) is 0 Å². The van der Waals surface area contributed by atoms with Gasteiger partial charge in [0.15, 0.2) is 0 Å². The maximum absolute atomic E-state index is 11.9. The third-order valence-corrected chi connectivity index (χ3v) is 3.50. The Morgan fingerprint density at radius 3 is 2.58 bits per heavy atom. The summed E-state index contributed by atoms with van der Waals surface area (Å²) in [6.07, 6.45) is 2.44. The number of carbonyl (C=O) groups is 2. The molecule has 1 N–H and O–H groups in total. The number of anilines is 1. The molecule has 1 aromatic carbocycles. The highest BCUT2D eigenvalue weighted by Gasteiger charge is 2.21. The molecule has 2 amide bonds. The Bertz CT molecular complexity index is 468. The lowest BCUT2D eigenvalue weighted by molar-refractivity contribution is -0.117. The summed E-state index contributed by atoms with van der Waals surface area (Å²) in [5.41, 5.74) is 1.51. The fourth-order valence-electron chi connectivity index (χ4n) is 2.12. The van der Waals surface area contributed by atoms with Gasteiger partial charge < -0.3 is 10.2 Å². The average Bonchev–Trinajstić information content (AvgIpc) is 2.85. The Morgan fingerprint density at radius 2 is 2.05 bits per heavy atom. The molecule has 4 heteroatoms. The van der Waals surface area contributed by atoms with Crippen molar-refractivity contribution in [3.63, 3.8) is 0 Å². The largest absolute Gasteiger partial charge is 0.350 e. The lowest BCUT2D eigenvalue weighted by atomic mass is 10.1. The number of nitrogens with one attached hydrogen (secondary N) is 1. The van der Waals surface area contributed by atoms with Gasteiger partial charge in [-0.25, -0.2) is 0 Å². The number of rotatable bonds is 4. The first kappa shape index (κ1) is 13.6. The molecule has 0 bridgehead atoms. The highest BCUT2D eigenvalue weighted by Crippen LogP contribution is 2.21. The van der Waals surface area contributed by atoms with Crippen molar-refractivity contribution in [2.75, 3.05) is 11.4 Å². The lowest BCUT2D eigenvalue weighted by Crippen LogP contribution is -2.32. The van der Waals surface area contributed by atoms with E-state index >= 15 is 0 Å². The van der Waals surface area contributed by atoms with E-state index in [9.17, 15) is 9.59 Å². The van der Waals surface area contributed by atoms with Crippen LogP contribution in [-0.4, -0.2) is 24.4 Å². The van der Waals surface area contributed by atoms with Crippen LogP contribution in [-0.2, 0) is 4.79 Å². The minimum absolute atomic E-state index is 0.0614. The van der Waals surface area contributed by atoms with E-state index in [1.807, 2.05) is 26.0 Å². The fourth-order valence-corrected chi connectivity index (χ4v) is 2.12. The molecular weight excluding hydrogens is 240 g/mol. The molecule has 1 saturated heterocycles. The van der Waals surface area contributed by atoms with Gasteiger partial charge in [0, 0.05) is 30.3 Å². The second-order valence-corrected chi connectivity index (χ2v) is 4.98. The topological polar surface area (TPSA) is 49.4 Å². The Kier molecular flexibility index (Phi) is 4.20. The van der Waals surface area contributed by atoms with Crippen LogP contribution >= 0.6 is 0 Å². The number of benzene rings is 1. The normalized spacial score (nSPS) is 16.5. The summed E-state index contributed by atoms with van der Waals surface area (Å²) in [6, 6.07) is 7.41. The van der Waals surface area contributed by atoms with Crippen molar-refractivity contribution in [2.45, 2.75) is 39.2 Å². The summed E-state index contributed by atoms with van der Waals surface area (Å²) < 4.78 is 0. The van der Waals surface area contributed by atoms with Gasteiger partial charge in [0.1, 0.15) is 0 Å². The van der Waals surface area contributed by atoms with Gasteiger partial charge in [-0.3, -0.25) is 9.59 Å². The van der Waals surface area contributed by atoms with Gasteiger partial charge in [0.25, 0.3) is 5.91 Å². The van der Waals surface area contributed by atoms with E-state index in [1.165, 1.54) is 0 Å². The minimum Gasteiger partial charge on any atom is -0.350 e. The second kappa shape index (κ2) is 5.87. The monoisotopic (exact) mass is 260 g/mol. The van der Waals surface area contributed by atoms with Crippen molar-refractivity contribution in [1.29, 1.82) is 0 Å². The van der Waals surface area contributed by atoms with Crippen LogP contribution < -0.4 is 10.2 Å². The summed E-state index contributed by atoms with van der Waals surface area (Å²) in [5, 5.41) is 2.92. The molecule has 1 fully saturated rings. The Morgan fingerprint density at radius 1 is 1.37 bits per heavy atom. The van der Waals surface area contributed by atoms with E-state index in [0.29, 0.717) is 12.0 Å². The molecule has 1 aromatic rings. The molecule has 1 atom stereocenters. The average molecular weight is 260 g/mol. The van der Waals surface area contributed by atoms with Crippen molar-refractivity contribution in [2.24, 2.45) is 0 Å². The molecule has 0 spiro atoms. The Balaban J connectivity index is 2.06. The van der Waals surface area contributed by atoms with Gasteiger partial charge in [0.05, 0.1) is 0 Å². The molecule has 0 radical (unpaired) electrons. The van der Waals surface area contributed by atoms with Gasteiger partial charge in [-0.15, -0.1) is 0 Å². The van der Waals surface area contributed by atoms with Gasteiger partial charge in [-0.05, 0) is 44.0 Å². The van der Waals surface area contributed by atoms with Gasteiger partial charge in [-0.2, -0.15) is 0 Å². The summed E-state index contributed by atoms with van der Waals surface area (Å²) >= 11 is 0. The lowest BCUT2D eigenvalue weighted by Gasteiger charge is -2.16. The molecule has 102 valence electrons. The van der Waals surface area contributed by atoms with Crippen LogP contribution in [0.1, 0.15) is 43.5 Å². The van der Waals surface area contributed by atoms with Gasteiger partial charge >= 0.3 is 0 Å². The smallest absolute Gasteiger partial charge is 0.251 e. The van der Waals surface area contributed by atoms with E-state index in [4.69, 9.17) is 0 Å².